The summed E-state index contributed by atoms with van der Waals surface area (Å²) in [5.41, 5.74) is -6.36. The first-order chi connectivity index (χ1) is 21.5. The number of allylic oxidation sites excluding steroid dienone is 1. The third-order valence-corrected chi connectivity index (χ3v) is 16.7. The lowest BCUT2D eigenvalue weighted by molar-refractivity contribution is -0.340. The molecule has 2 bridgehead atoms. The molecule has 0 radical (unpaired) electrons. The van der Waals surface area contributed by atoms with Gasteiger partial charge in [-0.1, -0.05) is 52.8 Å². The topological polar surface area (TPSA) is 146 Å². The molecule has 0 spiro atoms. The number of Topliss-reactive ketones (excluding diaryl/α,β-unsaturated/α-hetero) is 2. The summed E-state index contributed by atoms with van der Waals surface area (Å²) in [6, 6.07) is 10.6. The predicted molar refractivity (Wildman–Crippen MR) is 170 cm³/mol. The number of carbonyl (C=O) groups is 4. The third-order valence-electron chi connectivity index (χ3n) is 12.0. The van der Waals surface area contributed by atoms with E-state index in [1.807, 2.05) is 0 Å². The normalized spacial score (nSPS) is 36.9. The van der Waals surface area contributed by atoms with E-state index in [2.05, 4.69) is 20.8 Å². The van der Waals surface area contributed by atoms with Crippen LogP contribution in [0.25, 0.3) is 0 Å². The third kappa shape index (κ3) is 4.87. The molecule has 5 rings (SSSR count). The molecule has 10 nitrogen and oxygen atoms in total. The lowest BCUT2D eigenvalue weighted by Gasteiger charge is -2.67. The lowest BCUT2D eigenvalue weighted by Crippen LogP contribution is -2.81. The largest absolute Gasteiger partial charge is 0.455 e. The molecule has 1 heterocycles. The molecule has 8 atom stereocenters. The SMILES string of the molecule is CC[Si](CC)(CC)O[C@H]1C[C@H]2OC[C@@]2(O)[C@H]2[C@H](OC(=O)c3ccccc3)[C@]3(O)CC(=O)C(C)=C([C@@H](OC(C)=O)C(=O)[C@]12C)C3(C)C. The molecule has 3 aliphatic carbocycles. The van der Waals surface area contributed by atoms with Crippen molar-refractivity contribution in [3.05, 3.63) is 47.0 Å². The van der Waals surface area contributed by atoms with Crippen LogP contribution in [0.15, 0.2) is 41.5 Å². The van der Waals surface area contributed by atoms with Crippen molar-refractivity contribution in [2.75, 3.05) is 6.61 Å². The number of carbonyl (C=O) groups excluding carboxylic acids is 4. The number of esters is 2. The van der Waals surface area contributed by atoms with Crippen molar-refractivity contribution in [3.63, 3.8) is 0 Å². The summed E-state index contributed by atoms with van der Waals surface area (Å²) in [5, 5.41) is 25.5. The number of benzene rings is 1. The van der Waals surface area contributed by atoms with Crippen LogP contribution in [-0.2, 0) is 33.0 Å². The molecule has 0 aromatic heterocycles. The summed E-state index contributed by atoms with van der Waals surface area (Å²) < 4.78 is 25.2. The molecule has 0 unspecified atom stereocenters. The summed E-state index contributed by atoms with van der Waals surface area (Å²) in [4.78, 5) is 55.6. The van der Waals surface area contributed by atoms with Gasteiger partial charge in [-0.05, 0) is 55.3 Å². The first kappa shape index (κ1) is 34.6. The van der Waals surface area contributed by atoms with Crippen LogP contribution in [0.1, 0.15) is 78.6 Å². The fourth-order valence-corrected chi connectivity index (χ4v) is 11.7. The van der Waals surface area contributed by atoms with Crippen molar-refractivity contribution in [1.82, 2.24) is 0 Å². The van der Waals surface area contributed by atoms with Crippen molar-refractivity contribution < 1.29 is 48.0 Å². The Kier molecular flexibility index (Phi) is 8.86. The number of aliphatic hydroxyl groups is 2. The minimum Gasteiger partial charge on any atom is -0.455 e. The first-order valence-electron chi connectivity index (χ1n) is 16.4. The maximum Gasteiger partial charge on any atom is 0.338 e. The fourth-order valence-electron chi connectivity index (χ4n) is 8.78. The van der Waals surface area contributed by atoms with Gasteiger partial charge in [0.15, 0.2) is 26.0 Å². The molecular weight excluding hydrogens is 608 g/mol. The van der Waals surface area contributed by atoms with Gasteiger partial charge >= 0.3 is 11.9 Å². The molecule has 2 N–H and O–H groups in total. The zero-order valence-corrected chi connectivity index (χ0v) is 29.2. The van der Waals surface area contributed by atoms with Crippen LogP contribution in [0, 0.1) is 16.7 Å². The standard InChI is InChI=1S/C35H48O10Si/c1-9-46(10-2,11-3)45-24-17-25-34(40,19-42-25)28-30(44-31(39)22-15-13-12-14-16-22)35(41)18-23(37)20(4)26(32(35,6)7)27(43-21(5)36)29(38)33(24,28)8/h12-16,24-25,27-28,30,40-41H,9-11,17-19H2,1-8H3/t24-,25+,27+,28-,30-,33+,34-,35+/m0/s1. The van der Waals surface area contributed by atoms with Crippen LogP contribution < -0.4 is 0 Å². The highest BCUT2D eigenvalue weighted by Crippen LogP contribution is 2.63. The quantitative estimate of drug-likeness (QED) is 0.307. The smallest absolute Gasteiger partial charge is 0.338 e. The van der Waals surface area contributed by atoms with Gasteiger partial charge in [-0.2, -0.15) is 0 Å². The average Bonchev–Trinajstić information content (AvgIpc) is 3.01. The van der Waals surface area contributed by atoms with Gasteiger partial charge in [-0.15, -0.1) is 0 Å². The fraction of sp³-hybridized carbons (Fsp3) is 0.657. The highest BCUT2D eigenvalue weighted by Gasteiger charge is 2.77. The van der Waals surface area contributed by atoms with Gasteiger partial charge in [0.1, 0.15) is 17.3 Å². The number of hydrogen-bond donors (Lipinski definition) is 2. The Morgan fingerprint density at radius 2 is 1.61 bits per heavy atom. The number of ketones is 2. The van der Waals surface area contributed by atoms with Crippen LogP contribution in [0.4, 0.5) is 0 Å². The highest BCUT2D eigenvalue weighted by atomic mass is 28.4. The van der Waals surface area contributed by atoms with E-state index < -0.39 is 90.6 Å². The monoisotopic (exact) mass is 656 g/mol. The minimum atomic E-state index is -2.43. The zero-order chi connectivity index (χ0) is 34.0. The molecule has 2 saturated carbocycles. The Morgan fingerprint density at radius 3 is 2.13 bits per heavy atom. The Hall–Kier alpha value is -2.70. The number of rotatable bonds is 8. The van der Waals surface area contributed by atoms with Gasteiger partial charge in [0.25, 0.3) is 0 Å². The number of fused-ring (bicyclic) bond motifs is 5. The van der Waals surface area contributed by atoms with E-state index in [4.69, 9.17) is 18.6 Å². The van der Waals surface area contributed by atoms with Gasteiger partial charge in [0.2, 0.25) is 0 Å². The zero-order valence-electron chi connectivity index (χ0n) is 28.2. The lowest BCUT2D eigenvalue weighted by atomic mass is 9.45. The van der Waals surface area contributed by atoms with E-state index >= 15 is 4.79 Å². The summed E-state index contributed by atoms with van der Waals surface area (Å²) in [7, 11) is -2.43. The van der Waals surface area contributed by atoms with Crippen LogP contribution in [0.3, 0.4) is 0 Å². The molecule has 252 valence electrons. The summed E-state index contributed by atoms with van der Waals surface area (Å²) >= 11 is 0. The molecular formula is C35H48O10Si. The van der Waals surface area contributed by atoms with Gasteiger partial charge in [0, 0.05) is 31.1 Å². The number of ether oxygens (including phenoxy) is 3. The van der Waals surface area contributed by atoms with Crippen LogP contribution >= 0.6 is 0 Å². The van der Waals surface area contributed by atoms with Crippen LogP contribution in [0.2, 0.25) is 18.1 Å². The van der Waals surface area contributed by atoms with Crippen LogP contribution in [0.5, 0.6) is 0 Å². The van der Waals surface area contributed by atoms with Crippen molar-refractivity contribution in [2.45, 2.75) is 122 Å². The van der Waals surface area contributed by atoms with E-state index in [1.54, 1.807) is 58.0 Å². The van der Waals surface area contributed by atoms with Gasteiger partial charge < -0.3 is 28.8 Å². The van der Waals surface area contributed by atoms with E-state index in [0.717, 1.165) is 18.1 Å². The predicted octanol–water partition coefficient (Wildman–Crippen LogP) is 4.32. The van der Waals surface area contributed by atoms with Crippen molar-refractivity contribution >= 4 is 31.8 Å². The molecule has 1 aromatic rings. The Morgan fingerprint density at radius 1 is 1.00 bits per heavy atom. The van der Waals surface area contributed by atoms with E-state index in [9.17, 15) is 24.6 Å². The van der Waals surface area contributed by atoms with Crippen molar-refractivity contribution in [2.24, 2.45) is 16.7 Å². The summed E-state index contributed by atoms with van der Waals surface area (Å²) in [5.74, 6) is -3.84. The molecule has 4 aliphatic rings. The average molecular weight is 657 g/mol. The van der Waals surface area contributed by atoms with E-state index in [1.165, 1.54) is 6.92 Å². The number of hydrogen-bond acceptors (Lipinski definition) is 10. The van der Waals surface area contributed by atoms with Crippen molar-refractivity contribution in [3.8, 4) is 0 Å². The Labute approximate surface area is 271 Å². The molecule has 1 aromatic carbocycles. The van der Waals surface area contributed by atoms with Gasteiger partial charge in [-0.25, -0.2) is 4.79 Å². The molecule has 0 amide bonds. The second-order valence-electron chi connectivity index (χ2n) is 14.4. The van der Waals surface area contributed by atoms with E-state index in [0.29, 0.717) is 0 Å². The maximum absolute atomic E-state index is 15.4. The maximum atomic E-state index is 15.4. The van der Waals surface area contributed by atoms with Gasteiger partial charge in [-0.3, -0.25) is 14.4 Å². The summed E-state index contributed by atoms with van der Waals surface area (Å²) in [6.07, 6.45) is -4.99. The first-order valence-corrected chi connectivity index (χ1v) is 19.0. The molecule has 11 heteroatoms. The Bertz CT molecular complexity index is 1440. The summed E-state index contributed by atoms with van der Waals surface area (Å²) in [6.45, 7) is 13.8. The minimum absolute atomic E-state index is 0.162. The Balaban J connectivity index is 1.83. The molecule has 46 heavy (non-hydrogen) atoms. The second kappa shape index (κ2) is 11.8. The molecule has 1 saturated heterocycles. The van der Waals surface area contributed by atoms with Crippen LogP contribution in [-0.4, -0.2) is 84.3 Å². The van der Waals surface area contributed by atoms with E-state index in [-0.39, 0.29) is 29.7 Å². The van der Waals surface area contributed by atoms with Crippen molar-refractivity contribution in [1.29, 1.82) is 0 Å². The van der Waals surface area contributed by atoms with Gasteiger partial charge in [0.05, 0.1) is 29.8 Å². The molecule has 3 fully saturated rings. The highest BCUT2D eigenvalue weighted by molar-refractivity contribution is 6.73. The molecule has 1 aliphatic heterocycles. The second-order valence-corrected chi connectivity index (χ2v) is 19.1.